The first-order valence-electron chi connectivity index (χ1n) is 7.75. The van der Waals surface area contributed by atoms with Crippen molar-refractivity contribution in [2.24, 2.45) is 0 Å². The summed E-state index contributed by atoms with van der Waals surface area (Å²) in [5.74, 6) is 0. The van der Waals surface area contributed by atoms with Crippen LogP contribution in [-0.4, -0.2) is 34.7 Å². The van der Waals surface area contributed by atoms with Crippen LogP contribution in [0.25, 0.3) is 0 Å². The quantitative estimate of drug-likeness (QED) is 0.414. The molecule has 0 unspecified atom stereocenters. The minimum absolute atomic E-state index is 0. The Morgan fingerprint density at radius 1 is 0.696 bits per heavy atom. The second-order valence-electron chi connectivity index (χ2n) is 7.31. The molecule has 0 N–H and O–H groups in total. The van der Waals surface area contributed by atoms with E-state index in [2.05, 4.69) is 65.8 Å². The van der Waals surface area contributed by atoms with Crippen molar-refractivity contribution >= 4 is 34.7 Å². The van der Waals surface area contributed by atoms with Crippen LogP contribution in [0, 0.1) is 0 Å². The third-order valence-electron chi connectivity index (χ3n) is 2.28. The van der Waals surface area contributed by atoms with Gasteiger partial charge in [-0.3, -0.25) is 0 Å². The van der Waals surface area contributed by atoms with Gasteiger partial charge in [-0.25, -0.2) is 0 Å². The van der Waals surface area contributed by atoms with E-state index >= 15 is 0 Å². The zero-order chi connectivity index (χ0) is 15.7. The Balaban J connectivity index is -0.0000000552. The summed E-state index contributed by atoms with van der Waals surface area (Å²) in [7, 11) is -3.89. The van der Waals surface area contributed by atoms with E-state index in [1.54, 1.807) is 0 Å². The predicted molar refractivity (Wildman–Crippen MR) is 127 cm³/mol. The Hall–Kier alpha value is 0.788. The highest BCUT2D eigenvalue weighted by atomic mass is 28.4. The molecule has 0 spiro atoms. The van der Waals surface area contributed by atoms with Gasteiger partial charge in [0.2, 0.25) is 0 Å². The summed E-state index contributed by atoms with van der Waals surface area (Å²) >= 11 is 0. The van der Waals surface area contributed by atoms with E-state index in [4.69, 9.17) is 8.23 Å². The second-order valence-corrected chi connectivity index (χ2v) is 21.6. The number of unbranched alkanes of at least 4 members (excludes halogenated alkanes) is 1. The Morgan fingerprint density at radius 3 is 1.22 bits per heavy atom. The Kier molecular flexibility index (Phi) is 32.4. The molecule has 0 fully saturated rings. The first kappa shape index (κ1) is 39.0. The summed E-state index contributed by atoms with van der Waals surface area (Å²) in [6.45, 7) is 22.6. The largest absolute Gasteiger partial charge is 0.458 e. The SMILES string of the molecule is C.C.C.C.CCCC[Si](C)(C)O[SiH](C)C.C[SiH](C)O[Si](C)(C)C. The van der Waals surface area contributed by atoms with E-state index in [0.29, 0.717) is 0 Å². The van der Waals surface area contributed by atoms with Crippen molar-refractivity contribution in [3.63, 3.8) is 0 Å². The summed E-state index contributed by atoms with van der Waals surface area (Å²) in [5.41, 5.74) is 0. The van der Waals surface area contributed by atoms with Crippen molar-refractivity contribution in [2.75, 3.05) is 0 Å². The lowest BCUT2D eigenvalue weighted by atomic mass is 10.4. The van der Waals surface area contributed by atoms with Gasteiger partial charge in [0, 0.05) is 0 Å². The highest BCUT2D eigenvalue weighted by Gasteiger charge is 2.22. The molecular weight excluding hydrogens is 349 g/mol. The van der Waals surface area contributed by atoms with Gasteiger partial charge in [0.1, 0.15) is 0 Å². The summed E-state index contributed by atoms with van der Waals surface area (Å²) in [6.07, 6.45) is 2.65. The maximum absolute atomic E-state index is 6.02. The molecule has 0 heterocycles. The van der Waals surface area contributed by atoms with Crippen molar-refractivity contribution in [1.29, 1.82) is 0 Å². The second kappa shape index (κ2) is 19.1. The van der Waals surface area contributed by atoms with Gasteiger partial charge in [-0.2, -0.15) is 0 Å². The lowest BCUT2D eigenvalue weighted by molar-refractivity contribution is 0.565. The van der Waals surface area contributed by atoms with E-state index < -0.39 is 34.7 Å². The van der Waals surface area contributed by atoms with Crippen LogP contribution < -0.4 is 0 Å². The first-order valence-corrected chi connectivity index (χ1v) is 19.8. The van der Waals surface area contributed by atoms with E-state index in [9.17, 15) is 0 Å². The average Bonchev–Trinajstić information content (AvgIpc) is 2.09. The molecule has 0 saturated carbocycles. The number of hydrogen-bond donors (Lipinski definition) is 0. The minimum Gasteiger partial charge on any atom is -0.458 e. The average molecular weight is 403 g/mol. The van der Waals surface area contributed by atoms with Crippen molar-refractivity contribution in [2.45, 2.75) is 114 Å². The Bertz CT molecular complexity index is 215. The van der Waals surface area contributed by atoms with Crippen LogP contribution in [0.4, 0.5) is 0 Å². The molecule has 23 heavy (non-hydrogen) atoms. The molecule has 2 nitrogen and oxygen atoms in total. The van der Waals surface area contributed by atoms with Crippen LogP contribution in [0.2, 0.25) is 65.0 Å². The molecule has 0 bridgehead atoms. The third kappa shape index (κ3) is 39.5. The first-order chi connectivity index (χ1) is 8.39. The summed E-state index contributed by atoms with van der Waals surface area (Å²) < 4.78 is 11.7. The van der Waals surface area contributed by atoms with Crippen LogP contribution in [-0.2, 0) is 8.23 Å². The Labute approximate surface area is 157 Å². The van der Waals surface area contributed by atoms with Gasteiger partial charge in [0.05, 0.1) is 0 Å². The van der Waals surface area contributed by atoms with Gasteiger partial charge in [-0.15, -0.1) is 0 Å². The fourth-order valence-corrected chi connectivity index (χ4v) is 14.4. The van der Waals surface area contributed by atoms with Gasteiger partial charge >= 0.3 is 0 Å². The predicted octanol–water partition coefficient (Wildman–Crippen LogP) is 7.36. The molecule has 0 radical (unpaired) electrons. The zero-order valence-corrected chi connectivity index (χ0v) is 19.4. The number of rotatable bonds is 7. The molecule has 0 saturated heterocycles. The van der Waals surface area contributed by atoms with Gasteiger partial charge in [0.15, 0.2) is 34.7 Å². The Morgan fingerprint density at radius 2 is 1.04 bits per heavy atom. The number of hydrogen-bond acceptors (Lipinski definition) is 2. The van der Waals surface area contributed by atoms with Gasteiger partial charge < -0.3 is 8.23 Å². The standard InChI is InChI=1S/C8H22OSi2.C5H16OSi2.4CH4/c1-6-7-8-11(4,5)9-10(2)3;1-7(2)6-8(3,4)5;;;;/h10H,6-8H2,1-5H3;7H,1-5H3;4*1H4. The molecule has 0 aromatic carbocycles. The van der Waals surface area contributed by atoms with Gasteiger partial charge in [-0.05, 0) is 65.0 Å². The van der Waals surface area contributed by atoms with Crippen molar-refractivity contribution < 1.29 is 8.23 Å². The van der Waals surface area contributed by atoms with E-state index in [-0.39, 0.29) is 29.7 Å². The lowest BCUT2D eigenvalue weighted by Gasteiger charge is -2.25. The van der Waals surface area contributed by atoms with Crippen LogP contribution in [0.1, 0.15) is 49.5 Å². The smallest absolute Gasteiger partial charge is 0.173 e. The third-order valence-corrected chi connectivity index (χ3v) is 13.0. The highest BCUT2D eigenvalue weighted by molar-refractivity contribution is 6.77. The minimum atomic E-state index is -1.23. The molecule has 0 aliphatic rings. The molecule has 0 rings (SSSR count). The van der Waals surface area contributed by atoms with Crippen LogP contribution >= 0.6 is 0 Å². The summed E-state index contributed by atoms with van der Waals surface area (Å²) in [6, 6.07) is 1.34. The molecule has 0 amide bonds. The van der Waals surface area contributed by atoms with Gasteiger partial charge in [0.25, 0.3) is 0 Å². The summed E-state index contributed by atoms with van der Waals surface area (Å²) in [5, 5.41) is 0. The lowest BCUT2D eigenvalue weighted by Crippen LogP contribution is -2.34. The molecular formula is C17H54O2Si4. The zero-order valence-electron chi connectivity index (χ0n) is 15.1. The van der Waals surface area contributed by atoms with E-state index in [1.165, 1.54) is 18.9 Å². The maximum Gasteiger partial charge on any atom is 0.173 e. The maximum atomic E-state index is 6.02. The molecule has 150 valence electrons. The summed E-state index contributed by atoms with van der Waals surface area (Å²) in [4.78, 5) is 0. The topological polar surface area (TPSA) is 18.5 Å². The van der Waals surface area contributed by atoms with Crippen LogP contribution in [0.5, 0.6) is 0 Å². The highest BCUT2D eigenvalue weighted by Crippen LogP contribution is 2.15. The molecule has 0 aliphatic heterocycles. The molecule has 6 heteroatoms. The van der Waals surface area contributed by atoms with Crippen molar-refractivity contribution in [1.82, 2.24) is 0 Å². The molecule has 0 atom stereocenters. The molecule has 0 aromatic rings. The van der Waals surface area contributed by atoms with Crippen LogP contribution in [0.15, 0.2) is 0 Å². The van der Waals surface area contributed by atoms with Gasteiger partial charge in [-0.1, -0.05) is 49.5 Å². The van der Waals surface area contributed by atoms with Crippen molar-refractivity contribution in [3.8, 4) is 0 Å². The van der Waals surface area contributed by atoms with E-state index in [0.717, 1.165) is 0 Å². The monoisotopic (exact) mass is 402 g/mol. The fraction of sp³-hybridized carbons (Fsp3) is 1.00. The molecule has 0 aliphatic carbocycles. The normalized spacial score (nSPS) is 10.4. The van der Waals surface area contributed by atoms with Crippen LogP contribution in [0.3, 0.4) is 0 Å². The van der Waals surface area contributed by atoms with E-state index in [1.807, 2.05) is 0 Å². The molecule has 0 aromatic heterocycles. The fourth-order valence-electron chi connectivity index (χ4n) is 2.01. The van der Waals surface area contributed by atoms with Crippen molar-refractivity contribution in [3.05, 3.63) is 0 Å².